The maximum absolute atomic E-state index is 15.4. The Bertz CT molecular complexity index is 2420. The van der Waals surface area contributed by atoms with Crippen molar-refractivity contribution < 1.29 is 97.2 Å². The van der Waals surface area contributed by atoms with Crippen molar-refractivity contribution in [3.8, 4) is 0 Å². The molecule has 0 saturated heterocycles. The summed E-state index contributed by atoms with van der Waals surface area (Å²) in [6.07, 6.45) is 0.192. The number of rotatable bonds is 9. The van der Waals surface area contributed by atoms with Crippen LogP contribution in [0.2, 0.25) is 0 Å². The molecule has 0 fully saturated rings. The van der Waals surface area contributed by atoms with E-state index < -0.39 is 144 Å². The lowest BCUT2D eigenvalue weighted by atomic mass is 9.12. The van der Waals surface area contributed by atoms with E-state index in [4.69, 9.17) is 0 Å². The third kappa shape index (κ3) is 7.72. The van der Waals surface area contributed by atoms with Gasteiger partial charge in [-0.1, -0.05) is 37.3 Å². The van der Waals surface area contributed by atoms with Crippen LogP contribution in [0.5, 0.6) is 0 Å². The number of hydrogen-bond acceptors (Lipinski definition) is 2. The zero-order chi connectivity index (χ0) is 47.2. The number of halogens is 20. The van der Waals surface area contributed by atoms with Crippen LogP contribution < -0.4 is 26.4 Å². The van der Waals surface area contributed by atoms with Crippen LogP contribution in [0.4, 0.5) is 87.8 Å². The number of benzene rings is 5. The van der Waals surface area contributed by atoms with Gasteiger partial charge < -0.3 is 0 Å². The Labute approximate surface area is 338 Å². The van der Waals surface area contributed by atoms with Crippen molar-refractivity contribution >= 4 is 33.8 Å². The molecule has 0 N–H and O–H groups in total. The molecular weight excluding hydrogens is 903 g/mol. The Morgan fingerprint density at radius 2 is 0.746 bits per heavy atom. The van der Waals surface area contributed by atoms with Crippen LogP contribution >= 0.6 is 0 Å². The van der Waals surface area contributed by atoms with Gasteiger partial charge in [0, 0.05) is 12.0 Å². The molecule has 0 spiro atoms. The monoisotopic (exact) mass is 920 g/mol. The van der Waals surface area contributed by atoms with Crippen LogP contribution in [-0.2, 0) is 13.0 Å². The zero-order valence-corrected chi connectivity index (χ0v) is 30.7. The molecule has 24 heteroatoms. The first-order valence-corrected chi connectivity index (χ1v) is 17.1. The van der Waals surface area contributed by atoms with E-state index in [-0.39, 0.29) is 5.78 Å². The van der Waals surface area contributed by atoms with Crippen LogP contribution in [0.15, 0.2) is 48.9 Å². The molecule has 0 atom stereocenters. The molecule has 0 radical (unpaired) electrons. The number of Topliss-reactive ketones (excluding diaryl/α,β-unsaturated/α-hetero) is 1. The van der Waals surface area contributed by atoms with Crippen LogP contribution in [0.3, 0.4) is 0 Å². The highest BCUT2D eigenvalue weighted by atomic mass is 19.2. The minimum Gasteiger partial charge on any atom is -0.287 e. The Balaban J connectivity index is 0.000000345. The predicted molar refractivity (Wildman–Crippen MR) is 178 cm³/mol. The predicted octanol–water partition coefficient (Wildman–Crippen LogP) is 8.05. The highest BCUT2D eigenvalue weighted by Crippen LogP contribution is 2.30. The molecule has 0 aliphatic heterocycles. The third-order valence-electron chi connectivity index (χ3n) is 9.55. The molecule has 63 heavy (non-hydrogen) atoms. The van der Waals surface area contributed by atoms with Crippen LogP contribution in [0, 0.1) is 116 Å². The summed E-state index contributed by atoms with van der Waals surface area (Å²) in [4.78, 5) is 16.2. The quantitative estimate of drug-likeness (QED) is 0.0368. The van der Waals surface area contributed by atoms with Crippen molar-refractivity contribution in [2.75, 3.05) is 0 Å². The summed E-state index contributed by atoms with van der Waals surface area (Å²) in [5.41, 5.74) is -12.5. The summed E-state index contributed by atoms with van der Waals surface area (Å²) >= 11 is 0. The van der Waals surface area contributed by atoms with Gasteiger partial charge in [0.15, 0.2) is 81.7 Å². The standard InChI is InChI=1S/C24BF20.C15H17N2O/c26-5-1(6(27)14(35)21(42)13(5)34)25(2-7(28)15(36)22(43)16(37)8(2)29,3-9(30)17(38)23(44)18(39)10(3)31)4-11(32)19(40)24(45)20(41)12(4)33;1-2-6-14-11-16-9-10-17(14)12-15(18)13-7-4-3-5-8-13/h;3-5,7-11H,2,6,12H2,1H3/q-1;+1. The number of nitrogens with zero attached hydrogens (tertiary/aromatic N) is 2. The van der Waals surface area contributed by atoms with Crippen LogP contribution in [0.25, 0.3) is 0 Å². The molecule has 1 aromatic heterocycles. The maximum Gasteiger partial charge on any atom is 0.227 e. The first-order chi connectivity index (χ1) is 29.5. The average Bonchev–Trinajstić information content (AvgIpc) is 3.27. The smallest absolute Gasteiger partial charge is 0.227 e. The van der Waals surface area contributed by atoms with Gasteiger partial charge in [-0.15, -0.1) is 21.9 Å². The molecule has 0 amide bonds. The van der Waals surface area contributed by atoms with Gasteiger partial charge in [-0.25, -0.2) is 87.8 Å². The van der Waals surface area contributed by atoms with Gasteiger partial charge in [0.1, 0.15) is 52.7 Å². The topological polar surface area (TPSA) is 33.8 Å². The van der Waals surface area contributed by atoms with Crippen LogP contribution in [0.1, 0.15) is 29.4 Å². The fourth-order valence-electron chi connectivity index (χ4n) is 6.78. The molecule has 1 heterocycles. The van der Waals surface area contributed by atoms with Crippen LogP contribution in [-0.4, -0.2) is 16.9 Å². The Morgan fingerprint density at radius 3 is 1.03 bits per heavy atom. The summed E-state index contributed by atoms with van der Waals surface area (Å²) in [7, 11) is 0. The van der Waals surface area contributed by atoms with E-state index in [1.807, 2.05) is 47.3 Å². The van der Waals surface area contributed by atoms with Crippen molar-refractivity contribution in [3.63, 3.8) is 0 Å². The minimum atomic E-state index is -7.22. The van der Waals surface area contributed by atoms with E-state index >= 15 is 35.1 Å². The average molecular weight is 920 g/mol. The van der Waals surface area contributed by atoms with Gasteiger partial charge in [-0.3, -0.25) is 9.78 Å². The number of aryl methyl sites for hydroxylation is 1. The van der Waals surface area contributed by atoms with Crippen molar-refractivity contribution in [1.29, 1.82) is 0 Å². The largest absolute Gasteiger partial charge is 0.287 e. The normalized spacial score (nSPS) is 11.5. The first-order valence-electron chi connectivity index (χ1n) is 17.1. The third-order valence-corrected chi connectivity index (χ3v) is 9.55. The van der Waals surface area contributed by atoms with Crippen molar-refractivity contribution in [1.82, 2.24) is 4.98 Å². The lowest BCUT2D eigenvalue weighted by Crippen LogP contribution is -2.81. The second-order valence-corrected chi connectivity index (χ2v) is 13.0. The van der Waals surface area contributed by atoms with Gasteiger partial charge >= 0.3 is 0 Å². The molecule has 0 bridgehead atoms. The highest BCUT2D eigenvalue weighted by molar-refractivity contribution is 7.20. The molecular formula is C39H17BF20N2O. The van der Waals surface area contributed by atoms with Gasteiger partial charge in [0.2, 0.25) is 12.3 Å². The lowest BCUT2D eigenvalue weighted by molar-refractivity contribution is -0.691. The van der Waals surface area contributed by atoms with Gasteiger partial charge in [-0.2, -0.15) is 4.57 Å². The van der Waals surface area contributed by atoms with Gasteiger partial charge in [0.25, 0.3) is 0 Å². The number of aromatic nitrogens is 2. The molecule has 332 valence electrons. The summed E-state index contributed by atoms with van der Waals surface area (Å²) in [5.74, 6) is -71.3. The Morgan fingerprint density at radius 1 is 0.460 bits per heavy atom. The van der Waals surface area contributed by atoms with E-state index in [1.54, 1.807) is 6.20 Å². The SMILES string of the molecule is CCCc1cncc[n+]1CC(=O)c1ccccc1.Fc1c(F)c(F)c([B-](c2c(F)c(F)c(F)c(F)c2F)(c2c(F)c(F)c(F)c(F)c2F)c2c(F)c(F)c(F)c(F)c2F)c(F)c1F. The molecule has 5 aromatic carbocycles. The molecule has 0 saturated carbocycles. The molecule has 3 nitrogen and oxygen atoms in total. The number of carbonyl (C=O) groups is 1. The zero-order valence-electron chi connectivity index (χ0n) is 30.7. The van der Waals surface area contributed by atoms with E-state index in [2.05, 4.69) is 11.9 Å². The Kier molecular flexibility index (Phi) is 13.7. The fraction of sp³-hybridized carbons (Fsp3) is 0.103. The number of carbonyl (C=O) groups excluding carboxylic acids is 1. The highest BCUT2D eigenvalue weighted by Gasteiger charge is 2.52. The minimum absolute atomic E-state index is 0.129. The molecule has 6 aromatic rings. The summed E-state index contributed by atoms with van der Waals surface area (Å²) in [5, 5.41) is 0. The number of hydrogen-bond donors (Lipinski definition) is 0. The Hall–Kier alpha value is -6.49. The second kappa shape index (κ2) is 18.1. The van der Waals surface area contributed by atoms with Crippen molar-refractivity contribution in [2.24, 2.45) is 0 Å². The molecule has 0 aliphatic carbocycles. The molecule has 6 rings (SSSR count). The summed E-state index contributed by atoms with van der Waals surface area (Å²) in [6.45, 7) is 2.50. The van der Waals surface area contributed by atoms with Crippen molar-refractivity contribution in [3.05, 3.63) is 177 Å². The fourth-order valence-corrected chi connectivity index (χ4v) is 6.78. The second-order valence-electron chi connectivity index (χ2n) is 13.0. The number of ketones is 1. The van der Waals surface area contributed by atoms with Gasteiger partial charge in [-0.05, 0) is 6.42 Å². The molecule has 0 aliphatic rings. The van der Waals surface area contributed by atoms with Gasteiger partial charge in [0.05, 0.1) is 12.4 Å². The lowest BCUT2D eigenvalue weighted by Gasteiger charge is -2.44. The van der Waals surface area contributed by atoms with E-state index in [0.29, 0.717) is 6.54 Å². The summed E-state index contributed by atoms with van der Waals surface area (Å²) < 4.78 is 296. The van der Waals surface area contributed by atoms with E-state index in [9.17, 15) is 57.5 Å². The van der Waals surface area contributed by atoms with Crippen molar-refractivity contribution in [2.45, 2.75) is 26.3 Å². The maximum atomic E-state index is 15.4. The molecule has 0 unspecified atom stereocenters. The first kappa shape index (κ1) is 47.6. The summed E-state index contributed by atoms with van der Waals surface area (Å²) in [6, 6.07) is 9.39. The van der Waals surface area contributed by atoms with E-state index in [0.717, 1.165) is 24.1 Å². The van der Waals surface area contributed by atoms with E-state index in [1.165, 1.54) is 0 Å².